The van der Waals surface area contributed by atoms with Gasteiger partial charge in [-0.25, -0.2) is 9.78 Å². The van der Waals surface area contributed by atoms with Crippen LogP contribution < -0.4 is 15.5 Å². The first-order chi connectivity index (χ1) is 11.7. The predicted octanol–water partition coefficient (Wildman–Crippen LogP) is 2.28. The van der Waals surface area contributed by atoms with Gasteiger partial charge in [0.05, 0.1) is 12.8 Å². The summed E-state index contributed by atoms with van der Waals surface area (Å²) in [5.41, 5.74) is 0.261. The number of carbonyl (C=O) groups excluding carboxylic acids is 2. The number of amides is 1. The summed E-state index contributed by atoms with van der Waals surface area (Å²) in [6.07, 6.45) is -0.525. The number of anilines is 2. The first-order valence-corrected chi connectivity index (χ1v) is 8.22. The zero-order chi connectivity index (χ0) is 18.9. The number of aromatic nitrogens is 1. The minimum atomic E-state index is -0.525. The molecule has 1 aliphatic rings. The number of ether oxygens (including phenoxy) is 2. The van der Waals surface area contributed by atoms with Crippen LogP contribution in [0.5, 0.6) is 0 Å². The molecule has 0 aliphatic carbocycles. The smallest absolute Gasteiger partial charge is 0.411 e. The van der Waals surface area contributed by atoms with E-state index >= 15 is 0 Å². The molecule has 1 saturated heterocycles. The molecule has 2 N–H and O–H groups in total. The van der Waals surface area contributed by atoms with Gasteiger partial charge in [0.25, 0.3) is 6.47 Å². The van der Waals surface area contributed by atoms with Crippen molar-refractivity contribution in [2.75, 3.05) is 43.5 Å². The lowest BCUT2D eigenvalue weighted by molar-refractivity contribution is -0.138. The zero-order valence-corrected chi connectivity index (χ0v) is 15.7. The van der Waals surface area contributed by atoms with E-state index in [-0.39, 0.29) is 5.60 Å². The Morgan fingerprint density at radius 2 is 2.00 bits per heavy atom. The fourth-order valence-corrected chi connectivity index (χ4v) is 2.13. The average Bonchev–Trinajstić information content (AvgIpc) is 2.54. The Balaban J connectivity index is 0.000000381. The van der Waals surface area contributed by atoms with Crippen LogP contribution in [0, 0.1) is 0 Å². The van der Waals surface area contributed by atoms with Gasteiger partial charge in [-0.2, -0.15) is 0 Å². The summed E-state index contributed by atoms with van der Waals surface area (Å²) >= 11 is 5.95. The first kappa shape index (κ1) is 21.0. The SMILES string of the molecule is CC(C)(C)OC=O.COC(=O)Nc1cc(Cl)nc(N2CCNCC2)c1. The Hall–Kier alpha value is -2.06. The van der Waals surface area contributed by atoms with Crippen LogP contribution in [0.4, 0.5) is 16.3 Å². The summed E-state index contributed by atoms with van der Waals surface area (Å²) < 4.78 is 9.09. The fraction of sp³-hybridized carbons (Fsp3) is 0.562. The molecule has 1 aromatic heterocycles. The third-order valence-corrected chi connectivity index (χ3v) is 3.25. The number of nitrogens with one attached hydrogen (secondary N) is 2. The van der Waals surface area contributed by atoms with Gasteiger partial charge in [0.1, 0.15) is 16.6 Å². The maximum absolute atomic E-state index is 11.2. The quantitative estimate of drug-likeness (QED) is 0.621. The van der Waals surface area contributed by atoms with E-state index in [2.05, 4.69) is 30.0 Å². The largest absolute Gasteiger partial charge is 0.462 e. The predicted molar refractivity (Wildman–Crippen MR) is 97.3 cm³/mol. The van der Waals surface area contributed by atoms with Crippen molar-refractivity contribution in [1.82, 2.24) is 10.3 Å². The Morgan fingerprint density at radius 3 is 2.48 bits per heavy atom. The highest BCUT2D eigenvalue weighted by molar-refractivity contribution is 6.29. The summed E-state index contributed by atoms with van der Waals surface area (Å²) in [7, 11) is 1.31. The molecule has 1 aliphatic heterocycles. The minimum Gasteiger partial charge on any atom is -0.462 e. The lowest BCUT2D eigenvalue weighted by atomic mass is 10.2. The molecule has 0 bridgehead atoms. The number of piperazine rings is 1. The third kappa shape index (κ3) is 8.55. The Labute approximate surface area is 152 Å². The number of nitrogens with zero attached hydrogens (tertiary/aromatic N) is 2. The van der Waals surface area contributed by atoms with Gasteiger partial charge >= 0.3 is 6.09 Å². The molecular formula is C16H25ClN4O4. The number of rotatable bonds is 3. The summed E-state index contributed by atoms with van der Waals surface area (Å²) in [5.74, 6) is 0.760. The van der Waals surface area contributed by atoms with Crippen molar-refractivity contribution in [3.63, 3.8) is 0 Å². The molecule has 9 heteroatoms. The van der Waals surface area contributed by atoms with Crippen LogP contribution in [-0.2, 0) is 14.3 Å². The normalized spacial score (nSPS) is 14.0. The van der Waals surface area contributed by atoms with Gasteiger partial charge in [-0.1, -0.05) is 11.6 Å². The first-order valence-electron chi connectivity index (χ1n) is 7.85. The van der Waals surface area contributed by atoms with Crippen LogP contribution in [0.1, 0.15) is 20.8 Å². The van der Waals surface area contributed by atoms with Crippen molar-refractivity contribution >= 4 is 35.7 Å². The second-order valence-electron chi connectivity index (χ2n) is 6.22. The van der Waals surface area contributed by atoms with Crippen LogP contribution in [0.2, 0.25) is 5.15 Å². The highest BCUT2D eigenvalue weighted by Gasteiger charge is 2.14. The second-order valence-corrected chi connectivity index (χ2v) is 6.60. The van der Waals surface area contributed by atoms with Gasteiger partial charge in [0, 0.05) is 32.2 Å². The van der Waals surface area contributed by atoms with Crippen LogP contribution in [0.15, 0.2) is 12.1 Å². The van der Waals surface area contributed by atoms with E-state index in [0.29, 0.717) is 17.3 Å². The standard InChI is InChI=1S/C11H15ClN4O2.C5H10O2/c1-18-11(17)14-8-6-9(12)15-10(7-8)16-4-2-13-3-5-16;1-5(2,3)7-4-6/h6-7,13H,2-5H2,1H3,(H,14,15,17);4H,1-3H3. The molecule has 0 spiro atoms. The van der Waals surface area contributed by atoms with Crippen molar-refractivity contribution in [1.29, 1.82) is 0 Å². The Bertz CT molecular complexity index is 572. The average molecular weight is 373 g/mol. The minimum absolute atomic E-state index is 0.318. The number of methoxy groups -OCH3 is 1. The highest BCUT2D eigenvalue weighted by atomic mass is 35.5. The van der Waals surface area contributed by atoms with Gasteiger partial charge in [-0.3, -0.25) is 10.1 Å². The van der Waals surface area contributed by atoms with E-state index in [0.717, 1.165) is 32.0 Å². The topological polar surface area (TPSA) is 92.8 Å². The number of carbonyl (C=O) groups is 2. The maximum Gasteiger partial charge on any atom is 0.411 e. The zero-order valence-electron chi connectivity index (χ0n) is 15.0. The highest BCUT2D eigenvalue weighted by Crippen LogP contribution is 2.22. The molecule has 0 saturated carbocycles. The molecule has 0 atom stereocenters. The lowest BCUT2D eigenvalue weighted by Gasteiger charge is -2.28. The van der Waals surface area contributed by atoms with E-state index in [1.54, 1.807) is 12.1 Å². The lowest BCUT2D eigenvalue weighted by Crippen LogP contribution is -2.43. The van der Waals surface area contributed by atoms with Crippen LogP contribution in [0.3, 0.4) is 0 Å². The maximum atomic E-state index is 11.2. The van der Waals surface area contributed by atoms with Gasteiger partial charge < -0.3 is 19.7 Å². The number of hydrogen-bond acceptors (Lipinski definition) is 7. The molecule has 2 heterocycles. The molecule has 0 radical (unpaired) electrons. The van der Waals surface area contributed by atoms with Crippen molar-refractivity contribution in [2.45, 2.75) is 26.4 Å². The fourth-order valence-electron chi connectivity index (χ4n) is 1.92. The third-order valence-electron chi connectivity index (χ3n) is 3.06. The summed E-state index contributed by atoms with van der Waals surface area (Å²) in [6.45, 7) is 9.47. The summed E-state index contributed by atoms with van der Waals surface area (Å²) in [5, 5.41) is 6.19. The molecule has 0 unspecified atom stereocenters. The van der Waals surface area contributed by atoms with E-state index in [1.165, 1.54) is 7.11 Å². The summed E-state index contributed by atoms with van der Waals surface area (Å²) in [4.78, 5) is 27.1. The second kappa shape index (κ2) is 10.0. The molecule has 1 amide bonds. The van der Waals surface area contributed by atoms with Crippen LogP contribution in [0.25, 0.3) is 0 Å². The Morgan fingerprint density at radius 1 is 1.36 bits per heavy atom. The number of halogens is 1. The van der Waals surface area contributed by atoms with Crippen molar-refractivity contribution in [3.8, 4) is 0 Å². The Kier molecular flexibility index (Phi) is 8.44. The monoisotopic (exact) mass is 372 g/mol. The molecular weight excluding hydrogens is 348 g/mol. The number of pyridine rings is 1. The molecule has 1 fully saturated rings. The van der Waals surface area contributed by atoms with Crippen molar-refractivity contribution in [2.24, 2.45) is 0 Å². The van der Waals surface area contributed by atoms with E-state index in [1.807, 2.05) is 20.8 Å². The van der Waals surface area contributed by atoms with Crippen molar-refractivity contribution in [3.05, 3.63) is 17.3 Å². The van der Waals surface area contributed by atoms with Gasteiger partial charge in [-0.15, -0.1) is 0 Å². The van der Waals surface area contributed by atoms with Gasteiger partial charge in [0.15, 0.2) is 0 Å². The van der Waals surface area contributed by atoms with Crippen molar-refractivity contribution < 1.29 is 19.1 Å². The molecule has 2 rings (SSSR count). The summed E-state index contributed by atoms with van der Waals surface area (Å²) in [6, 6.07) is 3.37. The van der Waals surface area contributed by atoms with E-state index in [9.17, 15) is 9.59 Å². The molecule has 140 valence electrons. The van der Waals surface area contributed by atoms with Gasteiger partial charge in [-0.05, 0) is 26.8 Å². The van der Waals surface area contributed by atoms with E-state index < -0.39 is 6.09 Å². The molecule has 0 aromatic carbocycles. The molecule has 25 heavy (non-hydrogen) atoms. The molecule has 1 aromatic rings. The van der Waals surface area contributed by atoms with Gasteiger partial charge in [0.2, 0.25) is 0 Å². The van der Waals surface area contributed by atoms with Crippen LogP contribution >= 0.6 is 11.6 Å². The van der Waals surface area contributed by atoms with Crippen LogP contribution in [-0.4, -0.2) is 56.4 Å². The molecule has 8 nitrogen and oxygen atoms in total. The number of hydrogen-bond donors (Lipinski definition) is 2. The van der Waals surface area contributed by atoms with E-state index in [4.69, 9.17) is 11.6 Å².